The number of thioether (sulfide) groups is 1. The van der Waals surface area contributed by atoms with Crippen molar-refractivity contribution in [2.45, 2.75) is 12.5 Å². The van der Waals surface area contributed by atoms with Gasteiger partial charge >= 0.3 is 12.5 Å². The van der Waals surface area contributed by atoms with Crippen LogP contribution in [0.3, 0.4) is 0 Å². The zero-order chi connectivity index (χ0) is 15.5. The fourth-order valence-corrected chi connectivity index (χ4v) is 2.93. The van der Waals surface area contributed by atoms with Crippen LogP contribution in [0.5, 0.6) is 5.75 Å². The van der Waals surface area contributed by atoms with Crippen molar-refractivity contribution in [2.24, 2.45) is 0 Å². The molecule has 1 aliphatic rings. The lowest BCUT2D eigenvalue weighted by atomic mass is 10.3. The molecule has 1 fully saturated rings. The van der Waals surface area contributed by atoms with Gasteiger partial charge in [-0.2, -0.15) is 17.6 Å². The molecule has 0 saturated carbocycles. The van der Waals surface area contributed by atoms with Crippen molar-refractivity contribution in [2.75, 3.05) is 23.5 Å². The zero-order valence-corrected chi connectivity index (χ0v) is 12.3. The number of anilines is 1. The van der Waals surface area contributed by atoms with Gasteiger partial charge < -0.3 is 15.0 Å². The number of alkyl halides is 4. The number of nitrogens with zero attached hydrogens (tertiary/aromatic N) is 1. The number of hydrogen-bond acceptors (Lipinski definition) is 3. The van der Waals surface area contributed by atoms with Crippen LogP contribution >= 0.6 is 24.0 Å². The highest BCUT2D eigenvalue weighted by Crippen LogP contribution is 2.29. The van der Waals surface area contributed by atoms with Crippen LogP contribution in [-0.2, 0) is 0 Å². The Kier molecular flexibility index (Phi) is 5.15. The van der Waals surface area contributed by atoms with Gasteiger partial charge in [0.15, 0.2) is 5.11 Å². The molecule has 1 aromatic carbocycles. The van der Waals surface area contributed by atoms with E-state index in [1.54, 1.807) is 17.8 Å². The summed E-state index contributed by atoms with van der Waals surface area (Å²) in [6.45, 7) is 0.802. The van der Waals surface area contributed by atoms with Crippen molar-refractivity contribution in [1.29, 1.82) is 0 Å². The first-order valence-electron chi connectivity index (χ1n) is 5.97. The van der Waals surface area contributed by atoms with Gasteiger partial charge in [0, 0.05) is 24.1 Å². The second-order valence-electron chi connectivity index (χ2n) is 4.22. The second kappa shape index (κ2) is 6.69. The van der Waals surface area contributed by atoms with Crippen molar-refractivity contribution >= 4 is 34.8 Å². The van der Waals surface area contributed by atoms with Crippen LogP contribution in [0, 0.1) is 0 Å². The molecule has 1 heterocycles. The Morgan fingerprint density at radius 1 is 1.43 bits per heavy atom. The van der Waals surface area contributed by atoms with Crippen LogP contribution in [0.1, 0.15) is 0 Å². The summed E-state index contributed by atoms with van der Waals surface area (Å²) in [6, 6.07) is 5.38. The fraction of sp³-hybridized carbons (Fsp3) is 0.417. The molecule has 1 saturated heterocycles. The van der Waals surface area contributed by atoms with Crippen molar-refractivity contribution < 1.29 is 22.3 Å². The van der Waals surface area contributed by atoms with Crippen molar-refractivity contribution in [3.8, 4) is 5.75 Å². The number of halogens is 4. The van der Waals surface area contributed by atoms with Gasteiger partial charge in [0.2, 0.25) is 0 Å². The van der Waals surface area contributed by atoms with E-state index in [1.165, 1.54) is 18.2 Å². The third kappa shape index (κ3) is 4.37. The molecule has 1 aliphatic heterocycles. The summed E-state index contributed by atoms with van der Waals surface area (Å²) in [6.07, 6.45) is -8.41. The molecule has 0 spiro atoms. The molecule has 0 aliphatic carbocycles. The predicted octanol–water partition coefficient (Wildman–Crippen LogP) is 3.63. The molecule has 3 nitrogen and oxygen atoms in total. The third-order valence-corrected chi connectivity index (χ3v) is 3.96. The van der Waals surface area contributed by atoms with Crippen LogP contribution in [-0.4, -0.2) is 40.7 Å². The van der Waals surface area contributed by atoms with Gasteiger partial charge in [0.1, 0.15) is 5.75 Å². The summed E-state index contributed by atoms with van der Waals surface area (Å²) in [5.41, 5.74) is 0.402. The minimum Gasteiger partial charge on any atom is -0.428 e. The lowest BCUT2D eigenvalue weighted by molar-refractivity contribution is -0.253. The van der Waals surface area contributed by atoms with E-state index in [0.717, 1.165) is 18.2 Å². The lowest BCUT2D eigenvalue weighted by Gasteiger charge is -2.20. The van der Waals surface area contributed by atoms with Gasteiger partial charge in [0.05, 0.1) is 5.88 Å². The molecular weight excluding hydrogens is 328 g/mol. The molecule has 0 atom stereocenters. The number of thiocarbonyl (C=S) groups is 1. The number of ether oxygens (including phenoxy) is 1. The van der Waals surface area contributed by atoms with E-state index in [2.05, 4.69) is 10.1 Å². The van der Waals surface area contributed by atoms with Crippen LogP contribution in [0.2, 0.25) is 0 Å². The minimum absolute atomic E-state index is 0.358. The normalized spacial score (nSPS) is 15.4. The van der Waals surface area contributed by atoms with Gasteiger partial charge in [-0.1, -0.05) is 6.07 Å². The number of benzene rings is 1. The van der Waals surface area contributed by atoms with Crippen LogP contribution in [0.25, 0.3) is 0 Å². The SMILES string of the molecule is FC(F)C(F)(F)Oc1cccc(NC(=S)N2CCSC2)c1. The van der Waals surface area contributed by atoms with Crippen molar-refractivity contribution in [3.05, 3.63) is 24.3 Å². The summed E-state index contributed by atoms with van der Waals surface area (Å²) in [5.74, 6) is 1.36. The highest BCUT2D eigenvalue weighted by atomic mass is 32.2. The van der Waals surface area contributed by atoms with Gasteiger partial charge in [-0.05, 0) is 24.4 Å². The smallest absolute Gasteiger partial charge is 0.428 e. The van der Waals surface area contributed by atoms with Crippen molar-refractivity contribution in [3.63, 3.8) is 0 Å². The molecule has 9 heteroatoms. The Balaban J connectivity index is 2.02. The molecule has 1 aromatic rings. The number of nitrogens with one attached hydrogen (secondary N) is 1. The van der Waals surface area contributed by atoms with E-state index in [1.807, 2.05) is 4.90 Å². The molecule has 116 valence electrons. The number of hydrogen-bond donors (Lipinski definition) is 1. The fourth-order valence-electron chi connectivity index (χ4n) is 1.62. The first kappa shape index (κ1) is 16.2. The van der Waals surface area contributed by atoms with E-state index in [-0.39, 0.29) is 5.75 Å². The quantitative estimate of drug-likeness (QED) is 0.667. The maximum Gasteiger partial charge on any atom is 0.461 e. The highest BCUT2D eigenvalue weighted by molar-refractivity contribution is 7.99. The Morgan fingerprint density at radius 2 is 2.19 bits per heavy atom. The average molecular weight is 340 g/mol. The van der Waals surface area contributed by atoms with Crippen LogP contribution in [0.4, 0.5) is 23.2 Å². The summed E-state index contributed by atoms with van der Waals surface area (Å²) in [5, 5.41) is 3.33. The summed E-state index contributed by atoms with van der Waals surface area (Å²) >= 11 is 6.91. The van der Waals surface area contributed by atoms with E-state index in [4.69, 9.17) is 12.2 Å². The average Bonchev–Trinajstić information content (AvgIpc) is 2.92. The van der Waals surface area contributed by atoms with E-state index in [9.17, 15) is 17.6 Å². The topological polar surface area (TPSA) is 24.5 Å². The third-order valence-electron chi connectivity index (χ3n) is 2.63. The Morgan fingerprint density at radius 3 is 2.81 bits per heavy atom. The summed E-state index contributed by atoms with van der Waals surface area (Å²) in [7, 11) is 0. The molecule has 0 amide bonds. The minimum atomic E-state index is -4.52. The van der Waals surface area contributed by atoms with Gasteiger partial charge in [-0.15, -0.1) is 11.8 Å². The monoisotopic (exact) mass is 340 g/mol. The van der Waals surface area contributed by atoms with Crippen LogP contribution in [0.15, 0.2) is 24.3 Å². The maximum absolute atomic E-state index is 12.8. The van der Waals surface area contributed by atoms with Crippen molar-refractivity contribution in [1.82, 2.24) is 4.90 Å². The molecule has 0 unspecified atom stereocenters. The number of rotatable bonds is 4. The van der Waals surface area contributed by atoms with E-state index < -0.39 is 12.5 Å². The first-order chi connectivity index (χ1) is 9.88. The van der Waals surface area contributed by atoms with Gasteiger partial charge in [0.25, 0.3) is 0 Å². The highest BCUT2D eigenvalue weighted by Gasteiger charge is 2.43. The molecule has 0 aromatic heterocycles. The maximum atomic E-state index is 12.8. The zero-order valence-electron chi connectivity index (χ0n) is 10.7. The molecule has 2 rings (SSSR count). The largest absolute Gasteiger partial charge is 0.461 e. The molecule has 1 N–H and O–H groups in total. The van der Waals surface area contributed by atoms with E-state index in [0.29, 0.717) is 10.8 Å². The van der Waals surface area contributed by atoms with E-state index >= 15 is 0 Å². The molecule has 0 bridgehead atoms. The summed E-state index contributed by atoms with van der Waals surface area (Å²) in [4.78, 5) is 1.92. The van der Waals surface area contributed by atoms with Gasteiger partial charge in [-0.3, -0.25) is 0 Å². The molecule has 0 radical (unpaired) electrons. The Bertz CT molecular complexity index is 510. The van der Waals surface area contributed by atoms with Crippen LogP contribution < -0.4 is 10.1 Å². The Hall–Kier alpha value is -1.22. The first-order valence-corrected chi connectivity index (χ1v) is 7.53. The molecule has 21 heavy (non-hydrogen) atoms. The predicted molar refractivity (Wildman–Crippen MR) is 78.3 cm³/mol. The second-order valence-corrected chi connectivity index (χ2v) is 5.68. The standard InChI is InChI=1S/C12H12F4N2OS2/c13-10(14)12(15,16)19-9-3-1-2-8(6-9)17-11(20)18-4-5-21-7-18/h1-3,6,10H,4-5,7H2,(H,17,20). The lowest BCUT2D eigenvalue weighted by Crippen LogP contribution is -2.33. The summed E-state index contributed by atoms with van der Waals surface area (Å²) < 4.78 is 53.9. The van der Waals surface area contributed by atoms with Gasteiger partial charge in [-0.25, -0.2) is 0 Å². The molecular formula is C12H12F4N2OS2. The Labute approximate surface area is 128 Å².